The van der Waals surface area contributed by atoms with Crippen LogP contribution in [0.5, 0.6) is 0 Å². The summed E-state index contributed by atoms with van der Waals surface area (Å²) in [4.78, 5) is 36.9. The van der Waals surface area contributed by atoms with Crippen LogP contribution in [0.25, 0.3) is 10.8 Å². The SMILES string of the molecule is COC(=O)[C@H](C)N(C)C(=O)CC(Cc1cccc2ccccc12)C(=O)O. The van der Waals surface area contributed by atoms with E-state index in [1.807, 2.05) is 42.5 Å². The number of carboxylic acid groups (broad SMARTS) is 1. The number of rotatable bonds is 7. The number of carbonyl (C=O) groups excluding carboxylic acids is 2. The maximum absolute atomic E-state index is 12.4. The molecule has 0 radical (unpaired) electrons. The topological polar surface area (TPSA) is 83.9 Å². The van der Waals surface area contributed by atoms with E-state index in [4.69, 9.17) is 0 Å². The van der Waals surface area contributed by atoms with Gasteiger partial charge in [-0.25, -0.2) is 4.79 Å². The Labute approximate surface area is 152 Å². The van der Waals surface area contributed by atoms with Gasteiger partial charge in [-0.05, 0) is 29.7 Å². The highest BCUT2D eigenvalue weighted by Gasteiger charge is 2.28. The van der Waals surface area contributed by atoms with Gasteiger partial charge >= 0.3 is 11.9 Å². The molecule has 6 nitrogen and oxygen atoms in total. The monoisotopic (exact) mass is 357 g/mol. The van der Waals surface area contributed by atoms with Crippen molar-refractivity contribution in [1.82, 2.24) is 4.90 Å². The van der Waals surface area contributed by atoms with Gasteiger partial charge in [-0.1, -0.05) is 42.5 Å². The van der Waals surface area contributed by atoms with Gasteiger partial charge in [-0.15, -0.1) is 0 Å². The second kappa shape index (κ2) is 8.47. The van der Waals surface area contributed by atoms with Crippen molar-refractivity contribution in [3.05, 3.63) is 48.0 Å². The summed E-state index contributed by atoms with van der Waals surface area (Å²) in [5, 5.41) is 11.6. The van der Waals surface area contributed by atoms with Crippen molar-refractivity contribution in [1.29, 1.82) is 0 Å². The van der Waals surface area contributed by atoms with Crippen molar-refractivity contribution in [3.8, 4) is 0 Å². The fourth-order valence-electron chi connectivity index (χ4n) is 2.88. The predicted octanol–water partition coefficient (Wildman–Crippen LogP) is 2.49. The fourth-order valence-corrected chi connectivity index (χ4v) is 2.88. The Balaban J connectivity index is 2.17. The molecule has 2 atom stereocenters. The molecule has 1 unspecified atom stereocenters. The van der Waals surface area contributed by atoms with Crippen molar-refractivity contribution < 1.29 is 24.2 Å². The normalized spacial score (nSPS) is 13.0. The Morgan fingerprint density at radius 1 is 1.12 bits per heavy atom. The predicted molar refractivity (Wildman–Crippen MR) is 97.6 cm³/mol. The number of fused-ring (bicyclic) bond motifs is 1. The number of nitrogens with zero attached hydrogens (tertiary/aromatic N) is 1. The largest absolute Gasteiger partial charge is 0.481 e. The molecule has 2 aromatic rings. The molecule has 0 aliphatic rings. The molecule has 0 aliphatic heterocycles. The molecule has 0 aliphatic carbocycles. The van der Waals surface area contributed by atoms with Crippen LogP contribution in [-0.2, 0) is 25.5 Å². The lowest BCUT2D eigenvalue weighted by molar-refractivity contribution is -0.152. The average molecular weight is 357 g/mol. The van der Waals surface area contributed by atoms with E-state index >= 15 is 0 Å². The quantitative estimate of drug-likeness (QED) is 0.770. The minimum Gasteiger partial charge on any atom is -0.481 e. The summed E-state index contributed by atoms with van der Waals surface area (Å²) in [6, 6.07) is 12.7. The third-order valence-electron chi connectivity index (χ3n) is 4.63. The maximum Gasteiger partial charge on any atom is 0.328 e. The molecule has 1 N–H and O–H groups in total. The van der Waals surface area contributed by atoms with Crippen LogP contribution in [0.2, 0.25) is 0 Å². The number of aliphatic carboxylic acids is 1. The second-order valence-corrected chi connectivity index (χ2v) is 6.29. The zero-order valence-electron chi connectivity index (χ0n) is 15.1. The molecule has 1 amide bonds. The fraction of sp³-hybridized carbons (Fsp3) is 0.350. The molecule has 2 aromatic carbocycles. The van der Waals surface area contributed by atoms with Gasteiger partial charge in [0.15, 0.2) is 0 Å². The molecular formula is C20H23NO5. The van der Waals surface area contributed by atoms with E-state index in [0.717, 1.165) is 16.3 Å². The summed E-state index contributed by atoms with van der Waals surface area (Å²) in [6.07, 6.45) is 0.0548. The van der Waals surface area contributed by atoms with E-state index in [0.29, 0.717) is 0 Å². The van der Waals surface area contributed by atoms with Gasteiger partial charge in [-0.3, -0.25) is 9.59 Å². The number of carboxylic acids is 1. The Morgan fingerprint density at radius 3 is 2.42 bits per heavy atom. The number of likely N-dealkylation sites (N-methyl/N-ethyl adjacent to an activating group) is 1. The molecule has 0 bridgehead atoms. The number of carbonyl (C=O) groups is 3. The van der Waals surface area contributed by atoms with E-state index in [-0.39, 0.29) is 12.8 Å². The second-order valence-electron chi connectivity index (χ2n) is 6.29. The first-order valence-corrected chi connectivity index (χ1v) is 8.38. The van der Waals surface area contributed by atoms with Crippen LogP contribution in [0.15, 0.2) is 42.5 Å². The number of esters is 1. The van der Waals surface area contributed by atoms with Gasteiger partial charge in [-0.2, -0.15) is 0 Å². The van der Waals surface area contributed by atoms with Crippen LogP contribution in [0, 0.1) is 5.92 Å². The van der Waals surface area contributed by atoms with Crippen LogP contribution < -0.4 is 0 Å². The molecule has 6 heteroatoms. The standard InChI is InChI=1S/C20H23NO5/c1-13(20(25)26-3)21(2)18(22)12-16(19(23)24)11-15-9-6-8-14-7-4-5-10-17(14)15/h4-10,13,16H,11-12H2,1-3H3,(H,23,24)/t13-,16?/m0/s1. The number of hydrogen-bond acceptors (Lipinski definition) is 4. The van der Waals surface area contributed by atoms with E-state index in [2.05, 4.69) is 4.74 Å². The van der Waals surface area contributed by atoms with Crippen LogP contribution in [0.1, 0.15) is 18.9 Å². The highest BCUT2D eigenvalue weighted by atomic mass is 16.5. The Bertz CT molecular complexity index is 811. The number of hydrogen-bond donors (Lipinski definition) is 1. The third-order valence-corrected chi connectivity index (χ3v) is 4.63. The van der Waals surface area contributed by atoms with Crippen LogP contribution in [0.3, 0.4) is 0 Å². The molecule has 0 aromatic heterocycles. The summed E-state index contributed by atoms with van der Waals surface area (Å²) in [5.41, 5.74) is 0.881. The molecule has 0 saturated heterocycles. The van der Waals surface area contributed by atoms with Crippen LogP contribution >= 0.6 is 0 Å². The molecule has 0 spiro atoms. The van der Waals surface area contributed by atoms with E-state index in [1.54, 1.807) is 6.92 Å². The summed E-state index contributed by atoms with van der Waals surface area (Å²) in [6.45, 7) is 1.55. The minimum absolute atomic E-state index is 0.184. The van der Waals surface area contributed by atoms with Crippen molar-refractivity contribution >= 4 is 28.6 Å². The maximum atomic E-state index is 12.4. The molecular weight excluding hydrogens is 334 g/mol. The zero-order valence-corrected chi connectivity index (χ0v) is 15.1. The summed E-state index contributed by atoms with van der Waals surface area (Å²) < 4.78 is 4.63. The number of amides is 1. The Hall–Kier alpha value is -2.89. The number of ether oxygens (including phenoxy) is 1. The van der Waals surface area contributed by atoms with Crippen LogP contribution in [-0.4, -0.2) is 48.1 Å². The average Bonchev–Trinajstić information content (AvgIpc) is 2.65. The lowest BCUT2D eigenvalue weighted by Crippen LogP contribution is -2.42. The Morgan fingerprint density at radius 2 is 1.77 bits per heavy atom. The smallest absolute Gasteiger partial charge is 0.328 e. The number of methoxy groups -OCH3 is 1. The molecule has 0 heterocycles. The minimum atomic E-state index is -1.04. The molecule has 26 heavy (non-hydrogen) atoms. The molecule has 138 valence electrons. The highest BCUT2D eigenvalue weighted by Crippen LogP contribution is 2.23. The zero-order chi connectivity index (χ0) is 19.3. The molecule has 2 rings (SSSR count). The first-order valence-electron chi connectivity index (χ1n) is 8.38. The number of benzene rings is 2. The highest BCUT2D eigenvalue weighted by molar-refractivity contribution is 5.88. The van der Waals surface area contributed by atoms with E-state index in [9.17, 15) is 19.5 Å². The first kappa shape index (κ1) is 19.4. The van der Waals surface area contributed by atoms with Crippen molar-refractivity contribution in [2.45, 2.75) is 25.8 Å². The lowest BCUT2D eigenvalue weighted by Gasteiger charge is -2.24. The third kappa shape index (κ3) is 4.39. The summed E-state index contributed by atoms with van der Waals surface area (Å²) in [5.74, 6) is -2.86. The lowest BCUT2D eigenvalue weighted by atomic mass is 9.92. The van der Waals surface area contributed by atoms with Crippen molar-refractivity contribution in [2.24, 2.45) is 5.92 Å². The van der Waals surface area contributed by atoms with Crippen molar-refractivity contribution in [2.75, 3.05) is 14.2 Å². The van der Waals surface area contributed by atoms with Gasteiger partial charge < -0.3 is 14.7 Å². The summed E-state index contributed by atoms with van der Waals surface area (Å²) in [7, 11) is 2.72. The van der Waals surface area contributed by atoms with Gasteiger partial charge in [0.05, 0.1) is 13.0 Å². The van der Waals surface area contributed by atoms with E-state index < -0.39 is 29.8 Å². The van der Waals surface area contributed by atoms with Gasteiger partial charge in [0.1, 0.15) is 6.04 Å². The van der Waals surface area contributed by atoms with Crippen molar-refractivity contribution in [3.63, 3.8) is 0 Å². The summed E-state index contributed by atoms with van der Waals surface area (Å²) >= 11 is 0. The van der Waals surface area contributed by atoms with Gasteiger partial charge in [0.25, 0.3) is 0 Å². The molecule has 0 saturated carbocycles. The Kier molecular flexibility index (Phi) is 6.33. The van der Waals surface area contributed by atoms with E-state index in [1.165, 1.54) is 19.1 Å². The van der Waals surface area contributed by atoms with Crippen LogP contribution in [0.4, 0.5) is 0 Å². The first-order chi connectivity index (χ1) is 12.3. The van der Waals surface area contributed by atoms with Gasteiger partial charge in [0.2, 0.25) is 5.91 Å². The molecule has 0 fully saturated rings. The van der Waals surface area contributed by atoms with Gasteiger partial charge in [0, 0.05) is 13.5 Å².